The minimum Gasteiger partial charge on any atom is -0.436 e. The second kappa shape index (κ2) is 9.81. The molecule has 1 fully saturated rings. The fourth-order valence-corrected chi connectivity index (χ4v) is 4.55. The van der Waals surface area contributed by atoms with Crippen molar-refractivity contribution < 1.29 is 14.1 Å². The van der Waals surface area contributed by atoms with Gasteiger partial charge in [0.25, 0.3) is 11.6 Å². The van der Waals surface area contributed by atoms with Gasteiger partial charge in [-0.1, -0.05) is 19.9 Å². The van der Waals surface area contributed by atoms with E-state index in [4.69, 9.17) is 4.42 Å². The molecule has 2 heterocycles. The Morgan fingerprint density at radius 3 is 2.56 bits per heavy atom. The number of anilines is 2. The first-order valence-corrected chi connectivity index (χ1v) is 12.3. The minimum atomic E-state index is -0.425. The fraction of sp³-hybridized carbons (Fsp3) is 0.286. The summed E-state index contributed by atoms with van der Waals surface area (Å²) in [6.07, 6.45) is 3.08. The molecule has 1 amide bonds. The summed E-state index contributed by atoms with van der Waals surface area (Å²) in [5.41, 5.74) is 4.90. The van der Waals surface area contributed by atoms with Crippen LogP contribution in [-0.2, 0) is 0 Å². The Balaban J connectivity index is 1.32. The van der Waals surface area contributed by atoms with E-state index in [1.807, 2.05) is 23.1 Å². The summed E-state index contributed by atoms with van der Waals surface area (Å²) in [4.78, 5) is 30.7. The third kappa shape index (κ3) is 4.66. The maximum Gasteiger partial charge on any atom is 0.293 e. The number of nitro groups is 1. The molecule has 8 nitrogen and oxygen atoms in total. The average Bonchev–Trinajstić information content (AvgIpc) is 3.58. The molecule has 1 saturated heterocycles. The lowest BCUT2D eigenvalue weighted by atomic mass is 9.98. The van der Waals surface area contributed by atoms with E-state index in [2.05, 4.69) is 36.3 Å². The lowest BCUT2D eigenvalue weighted by molar-refractivity contribution is -0.384. The molecule has 1 aliphatic rings. The van der Waals surface area contributed by atoms with Gasteiger partial charge in [0, 0.05) is 36.0 Å². The fourth-order valence-electron chi connectivity index (χ4n) is 4.55. The zero-order valence-corrected chi connectivity index (χ0v) is 20.4. The van der Waals surface area contributed by atoms with Crippen molar-refractivity contribution in [1.82, 2.24) is 4.98 Å². The highest BCUT2D eigenvalue weighted by molar-refractivity contribution is 6.05. The third-order valence-corrected chi connectivity index (χ3v) is 6.86. The van der Waals surface area contributed by atoms with Gasteiger partial charge in [0.2, 0.25) is 5.89 Å². The van der Waals surface area contributed by atoms with Crippen molar-refractivity contribution in [3.05, 3.63) is 81.9 Å². The molecule has 1 atom stereocenters. The first-order valence-electron chi connectivity index (χ1n) is 12.3. The number of amides is 1. The highest BCUT2D eigenvalue weighted by atomic mass is 16.6. The highest BCUT2D eigenvalue weighted by Crippen LogP contribution is 2.32. The van der Waals surface area contributed by atoms with Crippen LogP contribution in [0.15, 0.2) is 65.1 Å². The number of aromatic nitrogens is 1. The zero-order chi connectivity index (χ0) is 25.2. The number of oxazole rings is 1. The molecular weight excluding hydrogens is 456 g/mol. The standard InChI is InChI=1S/C28H28N4O4/c1-3-18(2)20-9-13-26-23(16-20)30-28(36-26)19-6-10-22(11-7-19)29-27(33)21-8-12-24(25(17-21)32(34)35)31-14-4-5-15-31/h6-13,16-18H,3-5,14-15H2,1-2H3,(H,29,33)/t18-/m1/s1. The molecule has 1 aromatic heterocycles. The summed E-state index contributed by atoms with van der Waals surface area (Å²) in [6, 6.07) is 17.9. The van der Waals surface area contributed by atoms with E-state index in [0.717, 1.165) is 49.0 Å². The first-order chi connectivity index (χ1) is 17.4. The molecule has 1 aliphatic heterocycles. The van der Waals surface area contributed by atoms with Gasteiger partial charge < -0.3 is 14.6 Å². The van der Waals surface area contributed by atoms with Gasteiger partial charge in [0.1, 0.15) is 11.2 Å². The molecule has 4 aromatic rings. The van der Waals surface area contributed by atoms with E-state index >= 15 is 0 Å². The molecule has 0 aliphatic carbocycles. The van der Waals surface area contributed by atoms with Gasteiger partial charge in [-0.15, -0.1) is 0 Å². The number of fused-ring (bicyclic) bond motifs is 1. The first kappa shape index (κ1) is 23.5. The van der Waals surface area contributed by atoms with Crippen molar-refractivity contribution in [3.8, 4) is 11.5 Å². The molecule has 0 unspecified atom stereocenters. The Kier molecular flexibility index (Phi) is 6.41. The predicted octanol–water partition coefficient (Wildman–Crippen LogP) is 6.77. The number of hydrogen-bond acceptors (Lipinski definition) is 6. The number of nitro benzene ring substituents is 1. The lowest BCUT2D eigenvalue weighted by Gasteiger charge is -2.17. The smallest absolute Gasteiger partial charge is 0.293 e. The van der Waals surface area contributed by atoms with Gasteiger partial charge in [0.05, 0.1) is 4.92 Å². The molecular formula is C28H28N4O4. The number of nitrogens with zero attached hydrogens (tertiary/aromatic N) is 3. The second-order valence-corrected chi connectivity index (χ2v) is 9.24. The van der Waals surface area contributed by atoms with E-state index in [1.165, 1.54) is 11.6 Å². The van der Waals surface area contributed by atoms with E-state index in [9.17, 15) is 14.9 Å². The number of carbonyl (C=O) groups is 1. The van der Waals surface area contributed by atoms with Gasteiger partial charge >= 0.3 is 0 Å². The van der Waals surface area contributed by atoms with Crippen LogP contribution in [0.1, 0.15) is 54.9 Å². The second-order valence-electron chi connectivity index (χ2n) is 9.24. The van der Waals surface area contributed by atoms with E-state index < -0.39 is 10.8 Å². The Morgan fingerprint density at radius 2 is 1.86 bits per heavy atom. The molecule has 0 bridgehead atoms. The number of nitrogens with one attached hydrogen (secondary N) is 1. The van der Waals surface area contributed by atoms with Crippen LogP contribution in [0.4, 0.5) is 17.1 Å². The molecule has 0 spiro atoms. The molecule has 8 heteroatoms. The summed E-state index contributed by atoms with van der Waals surface area (Å²) in [7, 11) is 0. The Hall–Kier alpha value is -4.20. The quantitative estimate of drug-likeness (QED) is 0.229. The van der Waals surface area contributed by atoms with Crippen LogP contribution in [0.5, 0.6) is 0 Å². The number of benzene rings is 3. The van der Waals surface area contributed by atoms with Crippen molar-refractivity contribution in [2.75, 3.05) is 23.3 Å². The van der Waals surface area contributed by atoms with Crippen molar-refractivity contribution in [3.63, 3.8) is 0 Å². The zero-order valence-electron chi connectivity index (χ0n) is 20.4. The van der Waals surface area contributed by atoms with Crippen LogP contribution in [-0.4, -0.2) is 28.9 Å². The summed E-state index contributed by atoms with van der Waals surface area (Å²) in [5, 5.41) is 14.5. The molecule has 0 saturated carbocycles. The van der Waals surface area contributed by atoms with E-state index in [-0.39, 0.29) is 11.3 Å². The molecule has 5 rings (SSSR count). The van der Waals surface area contributed by atoms with Crippen molar-refractivity contribution in [2.24, 2.45) is 0 Å². The van der Waals surface area contributed by atoms with Crippen LogP contribution in [0, 0.1) is 10.1 Å². The van der Waals surface area contributed by atoms with Crippen molar-refractivity contribution in [1.29, 1.82) is 0 Å². The third-order valence-electron chi connectivity index (χ3n) is 6.86. The molecule has 0 radical (unpaired) electrons. The van der Waals surface area contributed by atoms with Crippen LogP contribution in [0.3, 0.4) is 0 Å². The van der Waals surface area contributed by atoms with Crippen LogP contribution >= 0.6 is 0 Å². The average molecular weight is 485 g/mol. The van der Waals surface area contributed by atoms with Gasteiger partial charge in [0.15, 0.2) is 5.58 Å². The Bertz CT molecular complexity index is 1420. The largest absolute Gasteiger partial charge is 0.436 e. The number of carbonyl (C=O) groups excluding carboxylic acids is 1. The van der Waals surface area contributed by atoms with Crippen LogP contribution in [0.2, 0.25) is 0 Å². The lowest BCUT2D eigenvalue weighted by Crippen LogP contribution is -2.19. The summed E-state index contributed by atoms with van der Waals surface area (Å²) >= 11 is 0. The van der Waals surface area contributed by atoms with Gasteiger partial charge in [-0.25, -0.2) is 4.98 Å². The van der Waals surface area contributed by atoms with E-state index in [1.54, 1.807) is 24.3 Å². The number of hydrogen-bond donors (Lipinski definition) is 1. The van der Waals surface area contributed by atoms with Crippen LogP contribution < -0.4 is 10.2 Å². The summed E-state index contributed by atoms with van der Waals surface area (Å²) < 4.78 is 5.94. The maximum absolute atomic E-state index is 12.8. The SMILES string of the molecule is CC[C@@H](C)c1ccc2oc(-c3ccc(NC(=O)c4ccc(N5CCCC5)c([N+](=O)[O-])c4)cc3)nc2c1. The number of rotatable bonds is 7. The molecule has 1 N–H and O–H groups in total. The van der Waals surface area contributed by atoms with Gasteiger partial charge in [-0.2, -0.15) is 0 Å². The van der Waals surface area contributed by atoms with Crippen molar-refractivity contribution in [2.45, 2.75) is 39.0 Å². The normalized spacial score (nSPS) is 14.2. The van der Waals surface area contributed by atoms with Crippen LogP contribution in [0.25, 0.3) is 22.6 Å². The van der Waals surface area contributed by atoms with E-state index in [0.29, 0.717) is 23.2 Å². The maximum atomic E-state index is 12.8. The molecule has 36 heavy (non-hydrogen) atoms. The summed E-state index contributed by atoms with van der Waals surface area (Å²) in [6.45, 7) is 5.93. The monoisotopic (exact) mass is 484 g/mol. The minimum absolute atomic E-state index is 0.0488. The topological polar surface area (TPSA) is 102 Å². The molecule has 3 aromatic carbocycles. The highest BCUT2D eigenvalue weighted by Gasteiger charge is 2.24. The molecule has 184 valence electrons. The predicted molar refractivity (Wildman–Crippen MR) is 141 cm³/mol. The van der Waals surface area contributed by atoms with Gasteiger partial charge in [-0.3, -0.25) is 14.9 Å². The van der Waals surface area contributed by atoms with Crippen molar-refractivity contribution >= 4 is 34.1 Å². The Morgan fingerprint density at radius 1 is 1.11 bits per heavy atom. The summed E-state index contributed by atoms with van der Waals surface area (Å²) in [5.74, 6) is 0.561. The van der Waals surface area contributed by atoms with Gasteiger partial charge in [-0.05, 0) is 79.3 Å². The Labute approximate surface area is 209 Å².